The summed E-state index contributed by atoms with van der Waals surface area (Å²) >= 11 is 0. The van der Waals surface area contributed by atoms with E-state index in [1.165, 1.54) is 11.0 Å². The molecule has 2 aromatic rings. The molecule has 1 N–H and O–H groups in total. The van der Waals surface area contributed by atoms with E-state index in [0.717, 1.165) is 5.75 Å². The number of halogens is 1. The molecule has 0 radical (unpaired) electrons. The Morgan fingerprint density at radius 2 is 1.88 bits per heavy atom. The molecule has 1 heterocycles. The second-order valence-electron chi connectivity index (χ2n) is 6.54. The van der Waals surface area contributed by atoms with Gasteiger partial charge in [-0.2, -0.15) is 0 Å². The summed E-state index contributed by atoms with van der Waals surface area (Å²) in [4.78, 5) is 26.0. The van der Waals surface area contributed by atoms with Crippen LogP contribution in [0.3, 0.4) is 0 Å². The summed E-state index contributed by atoms with van der Waals surface area (Å²) in [6.07, 6.45) is 0.138. The second kappa shape index (κ2) is 7.56. The van der Waals surface area contributed by atoms with Crippen molar-refractivity contribution >= 4 is 23.2 Å². The number of para-hydroxylation sites is 1. The van der Waals surface area contributed by atoms with Crippen LogP contribution in [0.2, 0.25) is 0 Å². The number of hydrogen-bond acceptors (Lipinski definition) is 3. The van der Waals surface area contributed by atoms with Crippen molar-refractivity contribution in [3.8, 4) is 5.75 Å². The number of carbonyl (C=O) groups is 2. The lowest BCUT2D eigenvalue weighted by Crippen LogP contribution is -2.28. The molecule has 5 nitrogen and oxygen atoms in total. The van der Waals surface area contributed by atoms with Gasteiger partial charge in [-0.05, 0) is 50.2 Å². The molecular formula is C20H21FN2O3. The molecule has 1 fully saturated rings. The van der Waals surface area contributed by atoms with Gasteiger partial charge >= 0.3 is 0 Å². The summed E-state index contributed by atoms with van der Waals surface area (Å²) < 4.78 is 19.5. The average molecular weight is 356 g/mol. The third kappa shape index (κ3) is 4.02. The van der Waals surface area contributed by atoms with E-state index < -0.39 is 11.7 Å². The highest BCUT2D eigenvalue weighted by atomic mass is 19.1. The normalized spacial score (nSPS) is 16.8. The molecule has 0 saturated carbocycles. The van der Waals surface area contributed by atoms with Crippen LogP contribution in [0.15, 0.2) is 48.5 Å². The fraction of sp³-hybridized carbons (Fsp3) is 0.300. The standard InChI is InChI=1S/C20H21FN2O3/c1-13(2)26-16-9-7-15(8-10-16)22-20(25)14-11-19(24)23(12-14)18-6-4-3-5-17(18)21/h3-10,13-14H,11-12H2,1-2H3,(H,22,25). The Hall–Kier alpha value is -2.89. The van der Waals surface area contributed by atoms with Gasteiger partial charge in [0.1, 0.15) is 11.6 Å². The lowest BCUT2D eigenvalue weighted by molar-refractivity contribution is -0.122. The van der Waals surface area contributed by atoms with Crippen molar-refractivity contribution in [2.75, 3.05) is 16.8 Å². The molecule has 1 saturated heterocycles. The van der Waals surface area contributed by atoms with Gasteiger partial charge in [-0.25, -0.2) is 4.39 Å². The molecule has 1 aliphatic rings. The molecule has 3 rings (SSSR count). The highest BCUT2D eigenvalue weighted by Crippen LogP contribution is 2.28. The minimum Gasteiger partial charge on any atom is -0.491 e. The lowest BCUT2D eigenvalue weighted by Gasteiger charge is -2.17. The van der Waals surface area contributed by atoms with Crippen LogP contribution in [0.5, 0.6) is 5.75 Å². The number of nitrogens with zero attached hydrogens (tertiary/aromatic N) is 1. The van der Waals surface area contributed by atoms with Gasteiger partial charge in [-0.1, -0.05) is 12.1 Å². The number of hydrogen-bond donors (Lipinski definition) is 1. The van der Waals surface area contributed by atoms with Gasteiger partial charge in [0.15, 0.2) is 0 Å². The molecule has 0 bridgehead atoms. The molecule has 136 valence electrons. The molecule has 1 unspecified atom stereocenters. The Morgan fingerprint density at radius 3 is 2.54 bits per heavy atom. The monoisotopic (exact) mass is 356 g/mol. The van der Waals surface area contributed by atoms with Crippen molar-refractivity contribution in [1.82, 2.24) is 0 Å². The number of anilines is 2. The van der Waals surface area contributed by atoms with Gasteiger partial charge in [0.25, 0.3) is 0 Å². The number of rotatable bonds is 5. The minimum absolute atomic E-state index is 0.0642. The summed E-state index contributed by atoms with van der Waals surface area (Å²) in [6.45, 7) is 4.04. The summed E-state index contributed by atoms with van der Waals surface area (Å²) in [7, 11) is 0. The maximum atomic E-state index is 13.9. The second-order valence-corrected chi connectivity index (χ2v) is 6.54. The third-order valence-corrected chi connectivity index (χ3v) is 4.13. The largest absolute Gasteiger partial charge is 0.491 e. The van der Waals surface area contributed by atoms with Gasteiger partial charge < -0.3 is 15.0 Å². The van der Waals surface area contributed by atoms with Crippen LogP contribution in [-0.4, -0.2) is 24.5 Å². The molecule has 2 aromatic carbocycles. The van der Waals surface area contributed by atoms with Crippen molar-refractivity contribution in [1.29, 1.82) is 0 Å². The van der Waals surface area contributed by atoms with Crippen LogP contribution in [0.4, 0.5) is 15.8 Å². The van der Waals surface area contributed by atoms with Crippen molar-refractivity contribution in [2.24, 2.45) is 5.92 Å². The predicted molar refractivity (Wildman–Crippen MR) is 97.7 cm³/mol. The summed E-state index contributed by atoms with van der Waals surface area (Å²) in [5.74, 6) is -0.776. The number of benzene rings is 2. The van der Waals surface area contributed by atoms with Gasteiger partial charge in [0.2, 0.25) is 11.8 Å². The molecule has 2 amide bonds. The number of ether oxygens (including phenoxy) is 1. The quantitative estimate of drug-likeness (QED) is 0.890. The van der Waals surface area contributed by atoms with E-state index in [9.17, 15) is 14.0 Å². The first-order valence-electron chi connectivity index (χ1n) is 8.56. The van der Waals surface area contributed by atoms with Crippen LogP contribution < -0.4 is 15.0 Å². The summed E-state index contributed by atoms with van der Waals surface area (Å²) in [5.41, 5.74) is 0.839. The fourth-order valence-corrected chi connectivity index (χ4v) is 2.92. The predicted octanol–water partition coefficient (Wildman–Crippen LogP) is 3.60. The molecule has 26 heavy (non-hydrogen) atoms. The van der Waals surface area contributed by atoms with Crippen molar-refractivity contribution in [2.45, 2.75) is 26.4 Å². The number of nitrogens with one attached hydrogen (secondary N) is 1. The number of carbonyl (C=O) groups excluding carboxylic acids is 2. The first kappa shape index (κ1) is 17.9. The smallest absolute Gasteiger partial charge is 0.229 e. The van der Waals surface area contributed by atoms with Gasteiger partial charge in [0, 0.05) is 18.7 Å². The molecule has 6 heteroatoms. The SMILES string of the molecule is CC(C)Oc1ccc(NC(=O)C2CC(=O)N(c3ccccc3F)C2)cc1. The van der Waals surface area contributed by atoms with E-state index in [1.54, 1.807) is 42.5 Å². The molecule has 1 aliphatic heterocycles. The zero-order valence-electron chi connectivity index (χ0n) is 14.7. The summed E-state index contributed by atoms with van der Waals surface area (Å²) in [5, 5.41) is 2.80. The lowest BCUT2D eigenvalue weighted by atomic mass is 10.1. The Labute approximate surface area is 151 Å². The minimum atomic E-state index is -0.520. The first-order chi connectivity index (χ1) is 12.4. The molecule has 0 spiro atoms. The fourth-order valence-electron chi connectivity index (χ4n) is 2.92. The van der Waals surface area contributed by atoms with Gasteiger partial charge in [0.05, 0.1) is 17.7 Å². The average Bonchev–Trinajstić information content (AvgIpc) is 2.98. The Kier molecular flexibility index (Phi) is 5.21. The van der Waals surface area contributed by atoms with Gasteiger partial charge in [-0.15, -0.1) is 0 Å². The maximum absolute atomic E-state index is 13.9. The van der Waals surface area contributed by atoms with E-state index in [-0.39, 0.29) is 36.6 Å². The molecule has 0 aliphatic carbocycles. The van der Waals surface area contributed by atoms with E-state index in [4.69, 9.17) is 4.74 Å². The van der Waals surface area contributed by atoms with Crippen LogP contribution in [0, 0.1) is 11.7 Å². The molecule has 1 atom stereocenters. The molecule has 0 aromatic heterocycles. The van der Waals surface area contributed by atoms with Crippen LogP contribution in [-0.2, 0) is 9.59 Å². The Bertz CT molecular complexity index is 805. The topological polar surface area (TPSA) is 58.6 Å². The van der Waals surface area contributed by atoms with Crippen molar-refractivity contribution in [3.05, 3.63) is 54.3 Å². The van der Waals surface area contributed by atoms with Crippen LogP contribution >= 0.6 is 0 Å². The van der Waals surface area contributed by atoms with E-state index in [1.807, 2.05) is 13.8 Å². The van der Waals surface area contributed by atoms with Crippen LogP contribution in [0.1, 0.15) is 20.3 Å². The Morgan fingerprint density at radius 1 is 1.19 bits per heavy atom. The van der Waals surface area contributed by atoms with Crippen molar-refractivity contribution < 1.29 is 18.7 Å². The first-order valence-corrected chi connectivity index (χ1v) is 8.56. The zero-order valence-corrected chi connectivity index (χ0v) is 14.7. The summed E-state index contributed by atoms with van der Waals surface area (Å²) in [6, 6.07) is 13.1. The molecular weight excluding hydrogens is 335 g/mol. The highest BCUT2D eigenvalue weighted by Gasteiger charge is 2.36. The zero-order chi connectivity index (χ0) is 18.7. The van der Waals surface area contributed by atoms with E-state index in [2.05, 4.69) is 5.32 Å². The maximum Gasteiger partial charge on any atom is 0.229 e. The highest BCUT2D eigenvalue weighted by molar-refractivity contribution is 6.03. The number of amides is 2. The Balaban J connectivity index is 1.64. The van der Waals surface area contributed by atoms with Gasteiger partial charge in [-0.3, -0.25) is 9.59 Å². The van der Waals surface area contributed by atoms with E-state index >= 15 is 0 Å². The van der Waals surface area contributed by atoms with Crippen LogP contribution in [0.25, 0.3) is 0 Å². The van der Waals surface area contributed by atoms with Crippen molar-refractivity contribution in [3.63, 3.8) is 0 Å². The van der Waals surface area contributed by atoms with E-state index in [0.29, 0.717) is 5.69 Å². The third-order valence-electron chi connectivity index (χ3n) is 4.13.